The van der Waals surface area contributed by atoms with Crippen LogP contribution in [0.2, 0.25) is 0 Å². The molecule has 1 atom stereocenters. The Morgan fingerprint density at radius 3 is 2.67 bits per heavy atom. The molecule has 1 aromatic carbocycles. The van der Waals surface area contributed by atoms with Gasteiger partial charge in [-0.05, 0) is 50.5 Å². The van der Waals surface area contributed by atoms with Gasteiger partial charge in [-0.15, -0.1) is 0 Å². The van der Waals surface area contributed by atoms with Crippen LogP contribution in [0.25, 0.3) is 0 Å². The summed E-state index contributed by atoms with van der Waals surface area (Å²) in [4.78, 5) is 2.53. The summed E-state index contributed by atoms with van der Waals surface area (Å²) in [5.41, 5.74) is 1.14. The van der Waals surface area contributed by atoms with E-state index in [1.807, 2.05) is 5.38 Å². The Hall–Kier alpha value is -0.770. The molecular weight excluding hydrogens is 412 g/mol. The first-order chi connectivity index (χ1) is 11.6. The Morgan fingerprint density at radius 2 is 2.00 bits per heavy atom. The van der Waals surface area contributed by atoms with Crippen LogP contribution in [0.4, 0.5) is 0 Å². The van der Waals surface area contributed by atoms with Crippen LogP contribution in [-0.2, 0) is 14.8 Å². The number of sulfonamides is 1. The molecule has 1 fully saturated rings. The zero-order valence-electron chi connectivity index (χ0n) is 13.0. The lowest BCUT2D eigenvalue weighted by Crippen LogP contribution is -2.43. The van der Waals surface area contributed by atoms with Crippen LogP contribution >= 0.6 is 27.3 Å². The maximum absolute atomic E-state index is 12.6. The molecular formula is C16H19BrN2O3S2. The van der Waals surface area contributed by atoms with Crippen LogP contribution in [0.15, 0.2) is 50.5 Å². The molecule has 1 N–H and O–H groups in total. The van der Waals surface area contributed by atoms with Gasteiger partial charge in [0.05, 0.1) is 18.1 Å². The maximum atomic E-state index is 12.6. The largest absolute Gasteiger partial charge is 0.379 e. The van der Waals surface area contributed by atoms with E-state index in [4.69, 9.17) is 4.74 Å². The number of hydrogen-bond acceptors (Lipinski definition) is 5. The van der Waals surface area contributed by atoms with Crippen molar-refractivity contribution in [3.63, 3.8) is 0 Å². The first-order valence-electron chi connectivity index (χ1n) is 7.66. The molecule has 0 spiro atoms. The predicted octanol–water partition coefficient (Wildman–Crippen LogP) is 2.86. The predicted molar refractivity (Wildman–Crippen MR) is 98.8 cm³/mol. The number of ether oxygens (including phenoxy) is 1. The van der Waals surface area contributed by atoms with Crippen LogP contribution in [0.3, 0.4) is 0 Å². The van der Waals surface area contributed by atoms with E-state index in [1.54, 1.807) is 35.6 Å². The van der Waals surface area contributed by atoms with Crippen molar-refractivity contribution in [2.45, 2.75) is 10.9 Å². The first-order valence-corrected chi connectivity index (χ1v) is 10.9. The molecule has 24 heavy (non-hydrogen) atoms. The third-order valence-corrected chi connectivity index (χ3v) is 7.14. The van der Waals surface area contributed by atoms with Crippen molar-refractivity contribution in [1.82, 2.24) is 9.62 Å². The van der Waals surface area contributed by atoms with Gasteiger partial charge >= 0.3 is 0 Å². The Balaban J connectivity index is 1.77. The van der Waals surface area contributed by atoms with Gasteiger partial charge in [-0.2, -0.15) is 11.3 Å². The summed E-state index contributed by atoms with van der Waals surface area (Å²) in [7, 11) is -3.57. The lowest BCUT2D eigenvalue weighted by molar-refractivity contribution is 0.0173. The molecule has 1 unspecified atom stereocenters. The Labute approximate surface area is 154 Å². The van der Waals surface area contributed by atoms with Crippen LogP contribution in [0.5, 0.6) is 0 Å². The quantitative estimate of drug-likeness (QED) is 0.765. The molecule has 1 saturated heterocycles. The second-order valence-electron chi connectivity index (χ2n) is 5.50. The van der Waals surface area contributed by atoms with Crippen LogP contribution in [-0.4, -0.2) is 46.2 Å². The van der Waals surface area contributed by atoms with Gasteiger partial charge in [0.2, 0.25) is 10.0 Å². The van der Waals surface area contributed by atoms with E-state index >= 15 is 0 Å². The van der Waals surface area contributed by atoms with E-state index in [2.05, 4.69) is 37.0 Å². The third-order valence-electron chi connectivity index (χ3n) is 4.01. The van der Waals surface area contributed by atoms with Crippen molar-refractivity contribution < 1.29 is 13.2 Å². The molecule has 0 radical (unpaired) electrons. The van der Waals surface area contributed by atoms with Crippen molar-refractivity contribution >= 4 is 37.3 Å². The number of nitrogens with one attached hydrogen (secondary N) is 1. The second-order valence-corrected chi connectivity index (χ2v) is 8.87. The van der Waals surface area contributed by atoms with Gasteiger partial charge in [-0.3, -0.25) is 4.90 Å². The molecule has 0 amide bonds. The van der Waals surface area contributed by atoms with Gasteiger partial charge in [-0.25, -0.2) is 13.1 Å². The fourth-order valence-corrected chi connectivity index (χ4v) is 5.49. The van der Waals surface area contributed by atoms with E-state index < -0.39 is 10.0 Å². The summed E-state index contributed by atoms with van der Waals surface area (Å²) in [6.45, 7) is 3.30. The molecule has 8 heteroatoms. The molecule has 0 bridgehead atoms. The van der Waals surface area contributed by atoms with Crippen LogP contribution < -0.4 is 4.72 Å². The SMILES string of the molecule is O=S(=O)(NCC(c1ccsc1)N1CCOCC1)c1ccccc1Br. The van der Waals surface area contributed by atoms with E-state index in [9.17, 15) is 8.42 Å². The van der Waals surface area contributed by atoms with Gasteiger partial charge in [0.25, 0.3) is 0 Å². The highest BCUT2D eigenvalue weighted by molar-refractivity contribution is 9.10. The number of hydrogen-bond donors (Lipinski definition) is 1. The van der Waals surface area contributed by atoms with Crippen LogP contribution in [0.1, 0.15) is 11.6 Å². The van der Waals surface area contributed by atoms with E-state index in [1.165, 1.54) is 0 Å². The monoisotopic (exact) mass is 430 g/mol. The highest BCUT2D eigenvalue weighted by atomic mass is 79.9. The van der Waals surface area contributed by atoms with Gasteiger partial charge in [-0.1, -0.05) is 12.1 Å². The summed E-state index contributed by atoms with van der Waals surface area (Å²) in [5.74, 6) is 0. The molecule has 1 aliphatic rings. The number of thiophene rings is 1. The van der Waals surface area contributed by atoms with Crippen molar-refractivity contribution in [2.24, 2.45) is 0 Å². The molecule has 130 valence electrons. The normalized spacial score (nSPS) is 17.7. The van der Waals surface area contributed by atoms with Gasteiger partial charge in [0, 0.05) is 30.1 Å². The first kappa shape index (κ1) is 18.0. The lowest BCUT2D eigenvalue weighted by atomic mass is 10.1. The van der Waals surface area contributed by atoms with Crippen LogP contribution in [0, 0.1) is 0 Å². The topological polar surface area (TPSA) is 58.6 Å². The molecule has 3 rings (SSSR count). The number of nitrogens with zero attached hydrogens (tertiary/aromatic N) is 1. The number of rotatable bonds is 6. The minimum absolute atomic E-state index is 0.0115. The average molecular weight is 431 g/mol. The molecule has 1 aromatic heterocycles. The van der Waals surface area contributed by atoms with Crippen molar-refractivity contribution in [3.8, 4) is 0 Å². The molecule has 0 saturated carbocycles. The van der Waals surface area contributed by atoms with Crippen molar-refractivity contribution in [1.29, 1.82) is 0 Å². The van der Waals surface area contributed by atoms with Crippen molar-refractivity contribution in [2.75, 3.05) is 32.8 Å². The molecule has 5 nitrogen and oxygen atoms in total. The molecule has 0 aliphatic carbocycles. The summed E-state index contributed by atoms with van der Waals surface area (Å²) >= 11 is 4.93. The Bertz CT molecular complexity index is 759. The fourth-order valence-electron chi connectivity index (χ4n) is 2.74. The highest BCUT2D eigenvalue weighted by Gasteiger charge is 2.26. The number of benzene rings is 1. The zero-order chi connectivity index (χ0) is 17.0. The van der Waals surface area contributed by atoms with Crippen molar-refractivity contribution in [3.05, 3.63) is 51.1 Å². The summed E-state index contributed by atoms with van der Waals surface area (Å²) < 4.78 is 34.0. The van der Waals surface area contributed by atoms with E-state index in [0.717, 1.165) is 18.7 Å². The minimum atomic E-state index is -3.57. The van der Waals surface area contributed by atoms with Gasteiger partial charge in [0.1, 0.15) is 0 Å². The number of halogens is 1. The second kappa shape index (κ2) is 8.07. The molecule has 2 aromatic rings. The van der Waals surface area contributed by atoms with E-state index in [-0.39, 0.29) is 10.9 Å². The standard InChI is InChI=1S/C16H19BrN2O3S2/c17-14-3-1-2-4-16(14)24(20,21)18-11-15(13-5-10-23-12-13)19-6-8-22-9-7-19/h1-5,10,12,15,18H,6-9,11H2. The Morgan fingerprint density at radius 1 is 1.25 bits per heavy atom. The fraction of sp³-hybridized carbons (Fsp3) is 0.375. The smallest absolute Gasteiger partial charge is 0.241 e. The highest BCUT2D eigenvalue weighted by Crippen LogP contribution is 2.25. The van der Waals surface area contributed by atoms with E-state index in [0.29, 0.717) is 24.2 Å². The average Bonchev–Trinajstić information content (AvgIpc) is 3.10. The minimum Gasteiger partial charge on any atom is -0.379 e. The Kier molecular flexibility index (Phi) is 6.07. The summed E-state index contributed by atoms with van der Waals surface area (Å²) in [6, 6.07) is 8.91. The summed E-state index contributed by atoms with van der Waals surface area (Å²) in [6.07, 6.45) is 0. The summed E-state index contributed by atoms with van der Waals surface area (Å²) in [5, 5.41) is 4.10. The number of morpholine rings is 1. The van der Waals surface area contributed by atoms with Gasteiger partial charge < -0.3 is 4.74 Å². The zero-order valence-corrected chi connectivity index (χ0v) is 16.2. The third kappa shape index (κ3) is 4.25. The lowest BCUT2D eigenvalue weighted by Gasteiger charge is -2.34. The molecule has 1 aliphatic heterocycles. The molecule has 2 heterocycles. The van der Waals surface area contributed by atoms with Gasteiger partial charge in [0.15, 0.2) is 0 Å². The maximum Gasteiger partial charge on any atom is 0.241 e.